The van der Waals surface area contributed by atoms with Gasteiger partial charge in [0.05, 0.1) is 5.69 Å². The molecule has 0 saturated heterocycles. The predicted molar refractivity (Wildman–Crippen MR) is 113 cm³/mol. The van der Waals surface area contributed by atoms with Gasteiger partial charge in [-0.25, -0.2) is 4.98 Å². The molecule has 142 valence electrons. The van der Waals surface area contributed by atoms with E-state index < -0.39 is 0 Å². The lowest BCUT2D eigenvalue weighted by Gasteiger charge is -2.13. The van der Waals surface area contributed by atoms with Gasteiger partial charge < -0.3 is 5.32 Å². The van der Waals surface area contributed by atoms with Crippen molar-refractivity contribution in [2.24, 2.45) is 0 Å². The van der Waals surface area contributed by atoms with Crippen LogP contribution in [0.2, 0.25) is 0 Å². The quantitative estimate of drug-likeness (QED) is 0.615. The van der Waals surface area contributed by atoms with Crippen LogP contribution in [0.5, 0.6) is 0 Å². The minimum atomic E-state index is -0.170. The van der Waals surface area contributed by atoms with E-state index in [4.69, 9.17) is 0 Å². The van der Waals surface area contributed by atoms with Gasteiger partial charge in [0.1, 0.15) is 0 Å². The summed E-state index contributed by atoms with van der Waals surface area (Å²) in [6, 6.07) is 13.9. The van der Waals surface area contributed by atoms with E-state index in [0.717, 1.165) is 35.2 Å². The van der Waals surface area contributed by atoms with Crippen LogP contribution < -0.4 is 5.32 Å². The van der Waals surface area contributed by atoms with Crippen molar-refractivity contribution in [2.75, 3.05) is 5.32 Å². The number of thiazole rings is 1. The van der Waals surface area contributed by atoms with Crippen molar-refractivity contribution in [2.45, 2.75) is 39.5 Å². The number of fused-ring (bicyclic) bond motifs is 3. The van der Waals surface area contributed by atoms with E-state index in [1.165, 1.54) is 21.8 Å². The molecule has 0 bridgehead atoms. The highest BCUT2D eigenvalue weighted by Crippen LogP contribution is 2.37. The third-order valence-electron chi connectivity index (χ3n) is 5.25. The number of ketones is 1. The van der Waals surface area contributed by atoms with Crippen LogP contribution >= 0.6 is 11.3 Å². The SMILES string of the molecule is Cc1ccc(C(=O)CCC(=O)Nc2nc3c(s2)CCc2ccccc2-3)cc1C. The van der Waals surface area contributed by atoms with Gasteiger partial charge in [0.2, 0.25) is 5.91 Å². The fourth-order valence-corrected chi connectivity index (χ4v) is 4.46. The number of nitrogens with one attached hydrogen (secondary N) is 1. The van der Waals surface area contributed by atoms with E-state index in [2.05, 4.69) is 22.4 Å². The molecule has 5 heteroatoms. The van der Waals surface area contributed by atoms with Gasteiger partial charge in [-0.2, -0.15) is 0 Å². The first-order valence-corrected chi connectivity index (χ1v) is 10.3. The molecule has 0 radical (unpaired) electrons. The van der Waals surface area contributed by atoms with Crippen LogP contribution in [0, 0.1) is 13.8 Å². The molecule has 0 atom stereocenters. The minimum Gasteiger partial charge on any atom is -0.302 e. The number of aryl methyl sites for hydroxylation is 4. The van der Waals surface area contributed by atoms with Crippen LogP contribution in [-0.4, -0.2) is 16.7 Å². The second-order valence-electron chi connectivity index (χ2n) is 7.22. The molecule has 0 saturated carbocycles. The minimum absolute atomic E-state index is 0.00869. The fourth-order valence-electron chi connectivity index (χ4n) is 3.47. The van der Waals surface area contributed by atoms with E-state index in [0.29, 0.717) is 10.7 Å². The molecule has 4 rings (SSSR count). The average Bonchev–Trinajstić information content (AvgIpc) is 3.11. The third kappa shape index (κ3) is 3.76. The van der Waals surface area contributed by atoms with Crippen LogP contribution in [0.15, 0.2) is 42.5 Å². The Labute approximate surface area is 168 Å². The maximum absolute atomic E-state index is 12.4. The van der Waals surface area contributed by atoms with Crippen molar-refractivity contribution in [3.05, 3.63) is 69.6 Å². The molecule has 1 N–H and O–H groups in total. The first-order chi connectivity index (χ1) is 13.5. The van der Waals surface area contributed by atoms with Gasteiger partial charge in [0.15, 0.2) is 10.9 Å². The molecular formula is C23H22N2O2S. The number of benzene rings is 2. The van der Waals surface area contributed by atoms with Gasteiger partial charge in [0, 0.05) is 28.8 Å². The Bertz CT molecular complexity index is 1070. The van der Waals surface area contributed by atoms with Crippen LogP contribution in [0.3, 0.4) is 0 Å². The second-order valence-corrected chi connectivity index (χ2v) is 8.30. The molecular weight excluding hydrogens is 368 g/mol. The van der Waals surface area contributed by atoms with Crippen LogP contribution in [0.1, 0.15) is 44.8 Å². The largest absolute Gasteiger partial charge is 0.302 e. The van der Waals surface area contributed by atoms with Crippen molar-refractivity contribution in [3.8, 4) is 11.3 Å². The Morgan fingerprint density at radius 2 is 1.86 bits per heavy atom. The van der Waals surface area contributed by atoms with Crippen molar-refractivity contribution >= 4 is 28.2 Å². The summed E-state index contributed by atoms with van der Waals surface area (Å²) in [7, 11) is 0. The van der Waals surface area contributed by atoms with Gasteiger partial charge in [-0.1, -0.05) is 36.4 Å². The average molecular weight is 391 g/mol. The molecule has 0 aliphatic heterocycles. The van der Waals surface area contributed by atoms with Crippen LogP contribution in [-0.2, 0) is 17.6 Å². The van der Waals surface area contributed by atoms with E-state index in [9.17, 15) is 9.59 Å². The number of aromatic nitrogens is 1. The van der Waals surface area contributed by atoms with Crippen LogP contribution in [0.4, 0.5) is 5.13 Å². The molecule has 0 spiro atoms. The highest BCUT2D eigenvalue weighted by molar-refractivity contribution is 7.16. The fraction of sp³-hybridized carbons (Fsp3) is 0.261. The molecule has 1 aromatic heterocycles. The number of rotatable bonds is 5. The molecule has 3 aromatic rings. The Hall–Kier alpha value is -2.79. The van der Waals surface area contributed by atoms with Crippen molar-refractivity contribution in [3.63, 3.8) is 0 Å². The van der Waals surface area contributed by atoms with Gasteiger partial charge in [-0.3, -0.25) is 9.59 Å². The summed E-state index contributed by atoms with van der Waals surface area (Å²) in [5.41, 5.74) is 6.35. The lowest BCUT2D eigenvalue weighted by Crippen LogP contribution is -2.13. The highest BCUT2D eigenvalue weighted by atomic mass is 32.1. The lowest BCUT2D eigenvalue weighted by atomic mass is 9.94. The molecule has 1 amide bonds. The second kappa shape index (κ2) is 7.68. The number of carbonyl (C=O) groups is 2. The van der Waals surface area contributed by atoms with E-state index in [-0.39, 0.29) is 24.5 Å². The Morgan fingerprint density at radius 3 is 2.68 bits per heavy atom. The van der Waals surface area contributed by atoms with Gasteiger partial charge in [-0.05, 0) is 49.4 Å². The van der Waals surface area contributed by atoms with Crippen molar-refractivity contribution in [1.29, 1.82) is 0 Å². The summed E-state index contributed by atoms with van der Waals surface area (Å²) in [5, 5.41) is 3.49. The van der Waals surface area contributed by atoms with E-state index in [1.54, 1.807) is 0 Å². The summed E-state index contributed by atoms with van der Waals surface area (Å²) < 4.78 is 0. The lowest BCUT2D eigenvalue weighted by molar-refractivity contribution is -0.116. The normalized spacial score (nSPS) is 12.2. The predicted octanol–water partition coefficient (Wildman–Crippen LogP) is 5.13. The summed E-state index contributed by atoms with van der Waals surface area (Å²) in [4.78, 5) is 30.5. The summed E-state index contributed by atoms with van der Waals surface area (Å²) in [6.45, 7) is 4.00. The summed E-state index contributed by atoms with van der Waals surface area (Å²) in [5.74, 6) is -0.179. The number of anilines is 1. The smallest absolute Gasteiger partial charge is 0.226 e. The Morgan fingerprint density at radius 1 is 1.04 bits per heavy atom. The Balaban J connectivity index is 1.39. The molecule has 1 heterocycles. The summed E-state index contributed by atoms with van der Waals surface area (Å²) in [6.07, 6.45) is 2.31. The highest BCUT2D eigenvalue weighted by Gasteiger charge is 2.21. The maximum atomic E-state index is 12.4. The molecule has 4 nitrogen and oxygen atoms in total. The first-order valence-electron chi connectivity index (χ1n) is 9.49. The van der Waals surface area contributed by atoms with E-state index in [1.807, 2.05) is 44.2 Å². The van der Waals surface area contributed by atoms with Gasteiger partial charge in [-0.15, -0.1) is 11.3 Å². The summed E-state index contributed by atoms with van der Waals surface area (Å²) >= 11 is 1.53. The number of hydrogen-bond acceptors (Lipinski definition) is 4. The first kappa shape index (κ1) is 18.6. The zero-order chi connectivity index (χ0) is 19.7. The topological polar surface area (TPSA) is 59.1 Å². The molecule has 2 aromatic carbocycles. The van der Waals surface area contributed by atoms with Crippen molar-refractivity contribution in [1.82, 2.24) is 4.98 Å². The maximum Gasteiger partial charge on any atom is 0.226 e. The Kier molecular flexibility index (Phi) is 5.09. The van der Waals surface area contributed by atoms with E-state index >= 15 is 0 Å². The van der Waals surface area contributed by atoms with Crippen molar-refractivity contribution < 1.29 is 9.59 Å². The number of nitrogens with zero attached hydrogens (tertiary/aromatic N) is 1. The number of hydrogen-bond donors (Lipinski definition) is 1. The number of carbonyl (C=O) groups excluding carboxylic acids is 2. The third-order valence-corrected chi connectivity index (χ3v) is 6.28. The molecule has 28 heavy (non-hydrogen) atoms. The zero-order valence-corrected chi connectivity index (χ0v) is 16.9. The molecule has 1 aliphatic carbocycles. The molecule has 0 fully saturated rings. The number of Topliss-reactive ketones (excluding diaryl/α,β-unsaturated/α-hetero) is 1. The van der Waals surface area contributed by atoms with Gasteiger partial charge >= 0.3 is 0 Å². The number of amides is 1. The monoisotopic (exact) mass is 390 g/mol. The molecule has 0 unspecified atom stereocenters. The van der Waals surface area contributed by atoms with Crippen LogP contribution in [0.25, 0.3) is 11.3 Å². The standard InChI is InChI=1S/C23H22N2O2S/c1-14-7-8-17(13-15(14)2)19(26)10-12-21(27)24-23-25-22-18-6-4-3-5-16(18)9-11-20(22)28-23/h3-8,13H,9-12H2,1-2H3,(H,24,25,27). The zero-order valence-electron chi connectivity index (χ0n) is 16.0. The van der Waals surface area contributed by atoms with Gasteiger partial charge in [0.25, 0.3) is 0 Å². The molecule has 1 aliphatic rings.